The number of hydrogen-bond donors (Lipinski definition) is 1. The topological polar surface area (TPSA) is 114 Å². The van der Waals surface area contributed by atoms with Gasteiger partial charge in [-0.1, -0.05) is 0 Å². The molecule has 5 aromatic rings. The third kappa shape index (κ3) is 3.24. The summed E-state index contributed by atoms with van der Waals surface area (Å²) in [6, 6.07) is 7.31. The molecule has 11 heteroatoms. The first kappa shape index (κ1) is 19.6. The Morgan fingerprint density at radius 3 is 2.91 bits per heavy atom. The molecule has 33 heavy (non-hydrogen) atoms. The molecule has 6 heterocycles. The zero-order valence-corrected chi connectivity index (χ0v) is 18.4. The van der Waals surface area contributed by atoms with Crippen molar-refractivity contribution in [3.8, 4) is 16.5 Å². The Hall–Kier alpha value is -4.12. The highest BCUT2D eigenvalue weighted by Crippen LogP contribution is 2.32. The Bertz CT molecular complexity index is 1560. The molecule has 1 aliphatic rings. The van der Waals surface area contributed by atoms with Crippen LogP contribution in [0.2, 0.25) is 0 Å². The van der Waals surface area contributed by atoms with Gasteiger partial charge in [-0.2, -0.15) is 5.10 Å². The van der Waals surface area contributed by atoms with Crippen LogP contribution in [-0.2, 0) is 13.0 Å². The van der Waals surface area contributed by atoms with Crippen LogP contribution in [0.3, 0.4) is 0 Å². The van der Waals surface area contributed by atoms with Gasteiger partial charge in [0.25, 0.3) is 11.5 Å². The summed E-state index contributed by atoms with van der Waals surface area (Å²) < 4.78 is 2.98. The molecule has 164 valence electrons. The summed E-state index contributed by atoms with van der Waals surface area (Å²) >= 11 is 1.61. The molecule has 0 unspecified atom stereocenters. The van der Waals surface area contributed by atoms with E-state index in [1.165, 1.54) is 15.4 Å². The number of thiazole rings is 1. The molecule has 0 atom stereocenters. The van der Waals surface area contributed by atoms with Gasteiger partial charge >= 0.3 is 0 Å². The van der Waals surface area contributed by atoms with E-state index in [0.717, 1.165) is 21.1 Å². The van der Waals surface area contributed by atoms with Gasteiger partial charge in [0, 0.05) is 42.0 Å². The normalized spacial score (nSPS) is 13.4. The Balaban J connectivity index is 1.28. The number of amides is 1. The van der Waals surface area contributed by atoms with Crippen LogP contribution in [0.5, 0.6) is 0 Å². The van der Waals surface area contributed by atoms with Crippen molar-refractivity contribution in [1.82, 2.24) is 39.2 Å². The van der Waals surface area contributed by atoms with Crippen molar-refractivity contribution in [2.24, 2.45) is 0 Å². The zero-order chi connectivity index (χ0) is 22.5. The lowest BCUT2D eigenvalue weighted by Crippen LogP contribution is -2.35. The van der Waals surface area contributed by atoms with Crippen molar-refractivity contribution in [3.05, 3.63) is 81.2 Å². The maximum atomic E-state index is 13.3. The van der Waals surface area contributed by atoms with E-state index >= 15 is 0 Å². The average Bonchev–Trinajstić information content (AvgIpc) is 3.56. The van der Waals surface area contributed by atoms with Gasteiger partial charge in [-0.05, 0) is 31.2 Å². The molecule has 0 radical (unpaired) electrons. The summed E-state index contributed by atoms with van der Waals surface area (Å²) in [5.41, 5.74) is 3.34. The lowest BCUT2D eigenvalue weighted by Gasteiger charge is -2.26. The molecule has 0 spiro atoms. The van der Waals surface area contributed by atoms with E-state index in [-0.39, 0.29) is 17.4 Å². The zero-order valence-electron chi connectivity index (χ0n) is 17.6. The molecule has 0 aliphatic carbocycles. The number of carbonyl (C=O) groups is 1. The van der Waals surface area contributed by atoms with Gasteiger partial charge in [-0.25, -0.2) is 14.2 Å². The number of aromatic amines is 1. The summed E-state index contributed by atoms with van der Waals surface area (Å²) in [5, 5.41) is 9.67. The van der Waals surface area contributed by atoms with Crippen molar-refractivity contribution >= 4 is 22.8 Å². The van der Waals surface area contributed by atoms with Crippen LogP contribution in [0.15, 0.2) is 53.8 Å². The first-order valence-corrected chi connectivity index (χ1v) is 11.2. The van der Waals surface area contributed by atoms with Crippen LogP contribution < -0.4 is 5.56 Å². The van der Waals surface area contributed by atoms with Gasteiger partial charge in [-0.3, -0.25) is 19.6 Å². The fourth-order valence-electron chi connectivity index (χ4n) is 4.02. The Labute approximate surface area is 191 Å². The number of pyridine rings is 1. The molecule has 0 fully saturated rings. The second-order valence-electron chi connectivity index (χ2n) is 7.77. The second-order valence-corrected chi connectivity index (χ2v) is 8.86. The highest BCUT2D eigenvalue weighted by atomic mass is 32.1. The Kier molecular flexibility index (Phi) is 4.44. The molecule has 0 saturated heterocycles. The molecule has 1 amide bonds. The number of hydrogen-bond acceptors (Lipinski definition) is 7. The first-order chi connectivity index (χ1) is 16.1. The Morgan fingerprint density at radius 1 is 1.21 bits per heavy atom. The van der Waals surface area contributed by atoms with Crippen molar-refractivity contribution < 1.29 is 4.79 Å². The minimum Gasteiger partial charge on any atom is -0.333 e. The number of rotatable bonds is 3. The maximum absolute atomic E-state index is 13.3. The number of carbonyl (C=O) groups excluding carboxylic acids is 1. The van der Waals surface area contributed by atoms with Gasteiger partial charge in [0.1, 0.15) is 10.5 Å². The fourth-order valence-corrected chi connectivity index (χ4v) is 5.15. The average molecular weight is 459 g/mol. The van der Waals surface area contributed by atoms with Crippen molar-refractivity contribution in [3.63, 3.8) is 0 Å². The summed E-state index contributed by atoms with van der Waals surface area (Å²) in [6.07, 6.45) is 7.43. The van der Waals surface area contributed by atoms with Crippen LogP contribution in [0, 0.1) is 6.92 Å². The van der Waals surface area contributed by atoms with E-state index in [1.54, 1.807) is 49.0 Å². The van der Waals surface area contributed by atoms with Crippen molar-refractivity contribution in [2.75, 3.05) is 6.54 Å². The molecule has 1 aliphatic heterocycles. The number of aromatic nitrogens is 7. The number of fused-ring (bicyclic) bond motifs is 2. The molecule has 0 bridgehead atoms. The standard InChI is InChI=1S/C22H18N8O2S/c1-13-15(11-24-30(13)22-26-19(31)17-3-2-9-29(17)27-22)21(32)28-10-6-16-18(12-28)33-20(25-16)14-4-7-23-8-5-14/h2-5,7-9,11H,6,10,12H2,1H3,(H,26,27,31). The molecule has 10 nitrogen and oxygen atoms in total. The minimum atomic E-state index is -0.272. The van der Waals surface area contributed by atoms with Crippen LogP contribution in [0.4, 0.5) is 0 Å². The fraction of sp³-hybridized carbons (Fsp3) is 0.182. The van der Waals surface area contributed by atoms with E-state index in [2.05, 4.69) is 20.2 Å². The van der Waals surface area contributed by atoms with E-state index in [1.807, 2.05) is 17.0 Å². The minimum absolute atomic E-state index is 0.104. The van der Waals surface area contributed by atoms with Crippen LogP contribution in [-0.4, -0.2) is 51.7 Å². The van der Waals surface area contributed by atoms with E-state index in [0.29, 0.717) is 36.3 Å². The largest absolute Gasteiger partial charge is 0.333 e. The predicted molar refractivity (Wildman–Crippen MR) is 121 cm³/mol. The van der Waals surface area contributed by atoms with Crippen LogP contribution >= 0.6 is 11.3 Å². The molecule has 0 saturated carbocycles. The molecule has 0 aromatic carbocycles. The number of nitrogens with one attached hydrogen (secondary N) is 1. The number of H-pyrrole nitrogens is 1. The molecule has 1 N–H and O–H groups in total. The van der Waals surface area contributed by atoms with Gasteiger partial charge in [0.2, 0.25) is 5.95 Å². The van der Waals surface area contributed by atoms with E-state index in [9.17, 15) is 9.59 Å². The molecule has 6 rings (SSSR count). The van der Waals surface area contributed by atoms with Gasteiger partial charge in [-0.15, -0.1) is 16.4 Å². The van der Waals surface area contributed by atoms with E-state index < -0.39 is 0 Å². The van der Waals surface area contributed by atoms with Crippen molar-refractivity contribution in [2.45, 2.75) is 19.9 Å². The summed E-state index contributed by atoms with van der Waals surface area (Å²) in [6.45, 7) is 2.88. The quantitative estimate of drug-likeness (QED) is 0.444. The summed E-state index contributed by atoms with van der Waals surface area (Å²) in [7, 11) is 0. The van der Waals surface area contributed by atoms with Gasteiger partial charge in [0.15, 0.2) is 0 Å². The third-order valence-electron chi connectivity index (χ3n) is 5.78. The molecule has 5 aromatic heterocycles. The monoisotopic (exact) mass is 458 g/mol. The summed E-state index contributed by atoms with van der Waals surface area (Å²) in [5.74, 6) is 0.151. The Morgan fingerprint density at radius 2 is 2.06 bits per heavy atom. The lowest BCUT2D eigenvalue weighted by atomic mass is 10.1. The molecular weight excluding hydrogens is 440 g/mol. The third-order valence-corrected chi connectivity index (χ3v) is 6.91. The second kappa shape index (κ2) is 7.48. The predicted octanol–water partition coefficient (Wildman–Crippen LogP) is 2.23. The van der Waals surface area contributed by atoms with Gasteiger partial charge in [0.05, 0.1) is 29.7 Å². The maximum Gasteiger partial charge on any atom is 0.276 e. The SMILES string of the molecule is Cc1c(C(=O)N2CCc3nc(-c4ccncc4)sc3C2)cnn1-c1nn2cccc2c(=O)[nH]1. The summed E-state index contributed by atoms with van der Waals surface area (Å²) in [4.78, 5) is 40.1. The highest BCUT2D eigenvalue weighted by molar-refractivity contribution is 7.15. The highest BCUT2D eigenvalue weighted by Gasteiger charge is 2.27. The van der Waals surface area contributed by atoms with Crippen LogP contribution in [0.25, 0.3) is 22.0 Å². The lowest BCUT2D eigenvalue weighted by molar-refractivity contribution is 0.0735. The van der Waals surface area contributed by atoms with E-state index in [4.69, 9.17) is 4.98 Å². The van der Waals surface area contributed by atoms with Crippen molar-refractivity contribution in [1.29, 1.82) is 0 Å². The van der Waals surface area contributed by atoms with Gasteiger partial charge < -0.3 is 4.90 Å². The first-order valence-electron chi connectivity index (χ1n) is 10.4. The number of nitrogens with zero attached hydrogens (tertiary/aromatic N) is 7. The smallest absolute Gasteiger partial charge is 0.276 e. The molecular formula is C22H18N8O2S. The van der Waals surface area contributed by atoms with Crippen LogP contribution in [0.1, 0.15) is 26.6 Å².